The molecule has 36 heavy (non-hydrogen) atoms. The van der Waals surface area contributed by atoms with E-state index in [1.54, 1.807) is 10.6 Å². The Kier molecular flexibility index (Phi) is 7.38. The first-order valence-corrected chi connectivity index (χ1v) is 14.2. The fourth-order valence-corrected chi connectivity index (χ4v) is 7.36. The Balaban J connectivity index is 1.31. The highest BCUT2D eigenvalue weighted by molar-refractivity contribution is 5.95. The number of nitrogens with one attached hydrogen (secondary N) is 1. The molecule has 2 aliphatic carbocycles. The van der Waals surface area contributed by atoms with Gasteiger partial charge in [-0.15, -0.1) is 0 Å². The van der Waals surface area contributed by atoms with Crippen LogP contribution in [0.1, 0.15) is 92.6 Å². The van der Waals surface area contributed by atoms with E-state index in [-0.39, 0.29) is 23.3 Å². The summed E-state index contributed by atoms with van der Waals surface area (Å²) < 4.78 is 1.79. The number of carbonyl (C=O) groups excluding carboxylic acids is 2. The van der Waals surface area contributed by atoms with Crippen molar-refractivity contribution in [3.8, 4) is 0 Å². The van der Waals surface area contributed by atoms with Gasteiger partial charge in [-0.05, 0) is 95.0 Å². The molecule has 2 bridgehead atoms. The van der Waals surface area contributed by atoms with Crippen molar-refractivity contribution in [2.75, 3.05) is 33.2 Å². The van der Waals surface area contributed by atoms with Gasteiger partial charge in [0.05, 0.1) is 0 Å². The minimum Gasteiger partial charge on any atom is -0.350 e. The molecule has 3 unspecified atom stereocenters. The highest BCUT2D eigenvalue weighted by Crippen LogP contribution is 2.51. The van der Waals surface area contributed by atoms with E-state index < -0.39 is 0 Å². The van der Waals surface area contributed by atoms with Gasteiger partial charge in [-0.25, -0.2) is 4.98 Å². The zero-order chi connectivity index (χ0) is 25.3. The molecule has 5 rings (SSSR count). The maximum Gasteiger partial charge on any atom is 0.274 e. The number of amides is 2. The number of hydrogen-bond acceptors (Lipinski definition) is 4. The van der Waals surface area contributed by atoms with Crippen LogP contribution >= 0.6 is 0 Å². The second-order valence-corrected chi connectivity index (χ2v) is 11.8. The summed E-state index contributed by atoms with van der Waals surface area (Å²) in [6.45, 7) is 7.76. The van der Waals surface area contributed by atoms with Crippen molar-refractivity contribution < 1.29 is 9.59 Å². The van der Waals surface area contributed by atoms with Crippen LogP contribution in [0.3, 0.4) is 0 Å². The molecule has 2 aromatic heterocycles. The van der Waals surface area contributed by atoms with Crippen LogP contribution in [0.2, 0.25) is 0 Å². The Morgan fingerprint density at radius 1 is 1.17 bits per heavy atom. The van der Waals surface area contributed by atoms with E-state index >= 15 is 0 Å². The molecule has 7 nitrogen and oxygen atoms in total. The third-order valence-corrected chi connectivity index (χ3v) is 9.31. The van der Waals surface area contributed by atoms with Crippen molar-refractivity contribution in [1.82, 2.24) is 24.5 Å². The van der Waals surface area contributed by atoms with Crippen molar-refractivity contribution in [1.29, 1.82) is 0 Å². The molecule has 2 aromatic rings. The number of likely N-dealkylation sites (tertiary alicyclic amines) is 1. The predicted molar refractivity (Wildman–Crippen MR) is 142 cm³/mol. The minimum absolute atomic E-state index is 0.0398. The Hall–Kier alpha value is -2.41. The molecule has 1 aliphatic heterocycles. The summed E-state index contributed by atoms with van der Waals surface area (Å²) in [5.74, 6) is 1.50. The lowest BCUT2D eigenvalue weighted by Gasteiger charge is -2.48. The first-order chi connectivity index (χ1) is 17.4. The number of rotatable bonds is 7. The second-order valence-electron chi connectivity index (χ2n) is 11.8. The van der Waals surface area contributed by atoms with Gasteiger partial charge in [-0.2, -0.15) is 0 Å². The molecule has 2 saturated carbocycles. The zero-order valence-corrected chi connectivity index (χ0v) is 22.3. The van der Waals surface area contributed by atoms with Crippen molar-refractivity contribution in [2.45, 2.75) is 77.7 Å². The summed E-state index contributed by atoms with van der Waals surface area (Å²) in [6.07, 6.45) is 12.7. The SMILES string of the molecule is CCC1CC2CCCC(CNC(=O)c3cccc4nc(C(=O)N(CC)C5CCN(C)CC5)cn34)(C1)C2. The number of carbonyl (C=O) groups is 2. The number of pyridine rings is 1. The quantitative estimate of drug-likeness (QED) is 0.611. The Morgan fingerprint density at radius 3 is 2.72 bits per heavy atom. The molecule has 0 aromatic carbocycles. The van der Waals surface area contributed by atoms with Crippen molar-refractivity contribution in [3.05, 3.63) is 35.8 Å². The van der Waals surface area contributed by atoms with Crippen LogP contribution in [-0.2, 0) is 0 Å². The highest BCUT2D eigenvalue weighted by Gasteiger charge is 2.42. The van der Waals surface area contributed by atoms with Crippen LogP contribution in [0.4, 0.5) is 0 Å². The lowest BCUT2D eigenvalue weighted by atomic mass is 9.58. The van der Waals surface area contributed by atoms with Crippen molar-refractivity contribution >= 4 is 17.5 Å². The molecular formula is C29H43N5O2. The molecule has 7 heteroatoms. The van der Waals surface area contributed by atoms with E-state index in [2.05, 4.69) is 29.2 Å². The molecule has 3 heterocycles. The van der Waals surface area contributed by atoms with Gasteiger partial charge in [-0.3, -0.25) is 14.0 Å². The monoisotopic (exact) mass is 493 g/mol. The topological polar surface area (TPSA) is 70.0 Å². The van der Waals surface area contributed by atoms with Crippen molar-refractivity contribution in [3.63, 3.8) is 0 Å². The molecular weight excluding hydrogens is 450 g/mol. The molecule has 1 N–H and O–H groups in total. The number of nitrogens with zero attached hydrogens (tertiary/aromatic N) is 4. The minimum atomic E-state index is -0.0743. The summed E-state index contributed by atoms with van der Waals surface area (Å²) in [5.41, 5.74) is 1.86. The summed E-state index contributed by atoms with van der Waals surface area (Å²) in [4.78, 5) is 35.8. The maximum atomic E-state index is 13.5. The molecule has 196 valence electrons. The van der Waals surface area contributed by atoms with E-state index in [9.17, 15) is 9.59 Å². The van der Waals surface area contributed by atoms with Gasteiger partial charge in [-0.1, -0.05) is 32.3 Å². The van der Waals surface area contributed by atoms with E-state index in [0.717, 1.165) is 44.3 Å². The average molecular weight is 494 g/mol. The summed E-state index contributed by atoms with van der Waals surface area (Å²) in [6, 6.07) is 5.82. The van der Waals surface area contributed by atoms with Crippen LogP contribution in [0.25, 0.3) is 5.65 Å². The average Bonchev–Trinajstić information content (AvgIpc) is 3.33. The smallest absolute Gasteiger partial charge is 0.274 e. The number of imidazole rings is 1. The summed E-state index contributed by atoms with van der Waals surface area (Å²) in [7, 11) is 2.13. The lowest BCUT2D eigenvalue weighted by Crippen LogP contribution is -2.46. The molecule has 3 fully saturated rings. The van der Waals surface area contributed by atoms with Gasteiger partial charge in [0.1, 0.15) is 17.0 Å². The molecule has 0 spiro atoms. The van der Waals surface area contributed by atoms with Gasteiger partial charge in [0.15, 0.2) is 0 Å². The van der Waals surface area contributed by atoms with Gasteiger partial charge >= 0.3 is 0 Å². The fourth-order valence-electron chi connectivity index (χ4n) is 7.36. The number of aromatic nitrogens is 2. The zero-order valence-electron chi connectivity index (χ0n) is 22.3. The molecule has 1 saturated heterocycles. The summed E-state index contributed by atoms with van der Waals surface area (Å²) in [5, 5.41) is 3.29. The molecule has 3 aliphatic rings. The van der Waals surface area contributed by atoms with Crippen LogP contribution in [0, 0.1) is 17.3 Å². The first kappa shape index (κ1) is 25.2. The third kappa shape index (κ3) is 5.04. The first-order valence-electron chi connectivity index (χ1n) is 14.2. The maximum absolute atomic E-state index is 13.5. The van der Waals surface area contributed by atoms with E-state index in [4.69, 9.17) is 0 Å². The third-order valence-electron chi connectivity index (χ3n) is 9.31. The van der Waals surface area contributed by atoms with E-state index in [0.29, 0.717) is 23.6 Å². The summed E-state index contributed by atoms with van der Waals surface area (Å²) >= 11 is 0. The van der Waals surface area contributed by atoms with Crippen LogP contribution in [-0.4, -0.2) is 70.3 Å². The molecule has 0 radical (unpaired) electrons. The van der Waals surface area contributed by atoms with Crippen molar-refractivity contribution in [2.24, 2.45) is 17.3 Å². The molecule has 2 amide bonds. The number of hydrogen-bond donors (Lipinski definition) is 1. The second kappa shape index (κ2) is 10.5. The van der Waals surface area contributed by atoms with Crippen LogP contribution in [0.5, 0.6) is 0 Å². The largest absolute Gasteiger partial charge is 0.350 e. The van der Waals surface area contributed by atoms with E-state index in [1.807, 2.05) is 30.0 Å². The van der Waals surface area contributed by atoms with Gasteiger partial charge < -0.3 is 15.1 Å². The van der Waals surface area contributed by atoms with Gasteiger partial charge in [0, 0.05) is 25.3 Å². The Bertz CT molecular complexity index is 1090. The Morgan fingerprint density at radius 2 is 1.97 bits per heavy atom. The number of fused-ring (bicyclic) bond motifs is 3. The predicted octanol–water partition coefficient (Wildman–Crippen LogP) is 4.62. The van der Waals surface area contributed by atoms with Crippen LogP contribution < -0.4 is 5.32 Å². The van der Waals surface area contributed by atoms with Gasteiger partial charge in [0.2, 0.25) is 0 Å². The molecule has 3 atom stereocenters. The van der Waals surface area contributed by atoms with Gasteiger partial charge in [0.25, 0.3) is 11.8 Å². The number of piperidine rings is 1. The highest BCUT2D eigenvalue weighted by atomic mass is 16.2. The van der Waals surface area contributed by atoms with Crippen LogP contribution in [0.15, 0.2) is 24.4 Å². The lowest BCUT2D eigenvalue weighted by molar-refractivity contribution is 0.0368. The standard InChI is InChI=1S/C29H43N5O2/c1-4-21-16-22-8-7-13-29(17-21,18-22)20-30-27(35)25-9-6-10-26-31-24(19-34(25)26)28(36)33(5-2)23-11-14-32(3)15-12-23/h6,9-10,19,21-23H,4-5,7-8,11-18,20H2,1-3H3,(H,30,35). The normalized spacial score (nSPS) is 27.2. The Labute approximate surface area is 215 Å². The fraction of sp³-hybridized carbons (Fsp3) is 0.690. The van der Waals surface area contributed by atoms with E-state index in [1.165, 1.54) is 44.9 Å².